The molecule has 0 aliphatic heterocycles. The highest BCUT2D eigenvalue weighted by Crippen LogP contribution is 2.25. The van der Waals surface area contributed by atoms with Crippen molar-refractivity contribution in [1.29, 1.82) is 0 Å². The van der Waals surface area contributed by atoms with E-state index in [1.807, 2.05) is 12.3 Å². The van der Waals surface area contributed by atoms with Crippen molar-refractivity contribution in [3.63, 3.8) is 0 Å². The van der Waals surface area contributed by atoms with Crippen LogP contribution in [0.25, 0.3) is 0 Å². The molecule has 1 nitrogen and oxygen atoms in total. The third-order valence-electron chi connectivity index (χ3n) is 3.41. The van der Waals surface area contributed by atoms with Crippen molar-refractivity contribution in [2.24, 2.45) is 0 Å². The predicted molar refractivity (Wildman–Crippen MR) is 80.2 cm³/mol. The first-order chi connectivity index (χ1) is 9.61. The molecule has 0 saturated carbocycles. The summed E-state index contributed by atoms with van der Waals surface area (Å²) >= 11 is 1.66. The van der Waals surface area contributed by atoms with Crippen LogP contribution in [0.5, 0.6) is 0 Å². The van der Waals surface area contributed by atoms with Crippen molar-refractivity contribution in [3.8, 4) is 0 Å². The topological polar surface area (TPSA) is 12.0 Å². The second kappa shape index (κ2) is 6.95. The largest absolute Gasteiger partial charge is 0.310 e. The van der Waals surface area contributed by atoms with Gasteiger partial charge in [-0.05, 0) is 60.3 Å². The maximum absolute atomic E-state index is 14.0. The Balaban J connectivity index is 2.17. The Morgan fingerprint density at radius 1 is 1.25 bits per heavy atom. The molecule has 1 heterocycles. The first kappa shape index (κ1) is 15.1. The van der Waals surface area contributed by atoms with Gasteiger partial charge in [0.05, 0.1) is 0 Å². The van der Waals surface area contributed by atoms with Gasteiger partial charge < -0.3 is 5.32 Å². The first-order valence-corrected chi connectivity index (χ1v) is 7.76. The van der Waals surface area contributed by atoms with Crippen LogP contribution in [0.15, 0.2) is 29.0 Å². The van der Waals surface area contributed by atoms with Crippen LogP contribution < -0.4 is 5.32 Å². The fraction of sp³-hybridized carbons (Fsp3) is 0.375. The molecular formula is C16H19F2NS. The highest BCUT2D eigenvalue weighted by molar-refractivity contribution is 7.07. The zero-order chi connectivity index (χ0) is 14.5. The number of benzene rings is 1. The van der Waals surface area contributed by atoms with Gasteiger partial charge in [-0.3, -0.25) is 0 Å². The maximum atomic E-state index is 14.0. The van der Waals surface area contributed by atoms with Crippen molar-refractivity contribution < 1.29 is 8.78 Å². The van der Waals surface area contributed by atoms with Gasteiger partial charge in [0.1, 0.15) is 11.6 Å². The van der Waals surface area contributed by atoms with Crippen LogP contribution in [0.3, 0.4) is 0 Å². The van der Waals surface area contributed by atoms with Gasteiger partial charge in [0.15, 0.2) is 0 Å². The average Bonchev–Trinajstić information content (AvgIpc) is 2.92. The van der Waals surface area contributed by atoms with Crippen LogP contribution in [-0.2, 0) is 6.42 Å². The lowest BCUT2D eigenvalue weighted by Crippen LogP contribution is -2.22. The summed E-state index contributed by atoms with van der Waals surface area (Å²) in [4.78, 5) is 0. The third-order valence-corrected chi connectivity index (χ3v) is 4.14. The Morgan fingerprint density at radius 2 is 2.05 bits per heavy atom. The molecule has 0 bridgehead atoms. The van der Waals surface area contributed by atoms with Crippen LogP contribution in [-0.4, -0.2) is 6.54 Å². The molecule has 0 fully saturated rings. The standard InChI is InChI=1S/C16H19F2NS/c1-3-19-16(5-4-12-6-7-20-10-12)13-8-11(2)14(17)9-15(13)18/h6-10,16,19H,3-5H2,1-2H3. The van der Waals surface area contributed by atoms with E-state index < -0.39 is 11.6 Å². The Hall–Kier alpha value is -1.26. The Labute approximate surface area is 122 Å². The molecule has 1 aromatic carbocycles. The van der Waals surface area contributed by atoms with E-state index in [0.717, 1.165) is 25.5 Å². The quantitative estimate of drug-likeness (QED) is 0.820. The molecule has 4 heteroatoms. The van der Waals surface area contributed by atoms with E-state index in [9.17, 15) is 8.78 Å². The summed E-state index contributed by atoms with van der Waals surface area (Å²) in [6.07, 6.45) is 1.68. The number of aryl methyl sites for hydroxylation is 2. The molecule has 0 radical (unpaired) electrons. The van der Waals surface area contributed by atoms with Crippen molar-refractivity contribution in [2.75, 3.05) is 6.54 Å². The fourth-order valence-corrected chi connectivity index (χ4v) is 3.01. The number of hydrogen-bond acceptors (Lipinski definition) is 2. The van der Waals surface area contributed by atoms with E-state index >= 15 is 0 Å². The molecule has 1 N–H and O–H groups in total. The smallest absolute Gasteiger partial charge is 0.130 e. The van der Waals surface area contributed by atoms with Gasteiger partial charge in [-0.2, -0.15) is 11.3 Å². The summed E-state index contributed by atoms with van der Waals surface area (Å²) in [5, 5.41) is 7.44. The summed E-state index contributed by atoms with van der Waals surface area (Å²) < 4.78 is 27.4. The van der Waals surface area contributed by atoms with E-state index in [4.69, 9.17) is 0 Å². The van der Waals surface area contributed by atoms with Gasteiger partial charge in [-0.25, -0.2) is 8.78 Å². The van der Waals surface area contributed by atoms with Gasteiger partial charge in [-0.15, -0.1) is 0 Å². The lowest BCUT2D eigenvalue weighted by Gasteiger charge is -2.19. The van der Waals surface area contributed by atoms with Gasteiger partial charge in [-0.1, -0.05) is 6.92 Å². The van der Waals surface area contributed by atoms with E-state index in [1.54, 1.807) is 24.3 Å². The molecule has 2 rings (SSSR count). The molecule has 2 aromatic rings. The zero-order valence-electron chi connectivity index (χ0n) is 11.7. The number of halogens is 2. The molecule has 0 aliphatic carbocycles. The van der Waals surface area contributed by atoms with Crippen molar-refractivity contribution >= 4 is 11.3 Å². The van der Waals surface area contributed by atoms with E-state index in [1.165, 1.54) is 5.56 Å². The molecule has 0 spiro atoms. The first-order valence-electron chi connectivity index (χ1n) is 6.81. The molecular weight excluding hydrogens is 276 g/mol. The number of thiophene rings is 1. The van der Waals surface area contributed by atoms with Crippen LogP contribution >= 0.6 is 11.3 Å². The molecule has 1 unspecified atom stereocenters. The van der Waals surface area contributed by atoms with Crippen molar-refractivity contribution in [2.45, 2.75) is 32.7 Å². The number of rotatable bonds is 6. The highest BCUT2D eigenvalue weighted by atomic mass is 32.1. The van der Waals surface area contributed by atoms with Gasteiger partial charge in [0.25, 0.3) is 0 Å². The zero-order valence-corrected chi connectivity index (χ0v) is 12.6. The van der Waals surface area contributed by atoms with Crippen LogP contribution in [0, 0.1) is 18.6 Å². The van der Waals surface area contributed by atoms with Gasteiger partial charge in [0.2, 0.25) is 0 Å². The molecule has 1 atom stereocenters. The lowest BCUT2D eigenvalue weighted by atomic mass is 9.97. The second-order valence-electron chi connectivity index (χ2n) is 4.90. The van der Waals surface area contributed by atoms with Gasteiger partial charge in [0, 0.05) is 17.7 Å². The summed E-state index contributed by atoms with van der Waals surface area (Å²) in [5.74, 6) is -0.955. The Kier molecular flexibility index (Phi) is 5.26. The van der Waals surface area contributed by atoms with Crippen LogP contribution in [0.1, 0.15) is 36.1 Å². The summed E-state index contributed by atoms with van der Waals surface area (Å²) in [7, 11) is 0. The fourth-order valence-electron chi connectivity index (χ4n) is 2.31. The number of nitrogens with one attached hydrogen (secondary N) is 1. The predicted octanol–water partition coefficient (Wildman–Crippen LogP) is 4.62. The third kappa shape index (κ3) is 3.64. The molecule has 0 amide bonds. The van der Waals surface area contributed by atoms with Gasteiger partial charge >= 0.3 is 0 Å². The molecule has 1 aromatic heterocycles. The minimum atomic E-state index is -0.487. The minimum Gasteiger partial charge on any atom is -0.310 e. The molecule has 0 saturated heterocycles. The monoisotopic (exact) mass is 295 g/mol. The van der Waals surface area contributed by atoms with E-state index in [-0.39, 0.29) is 6.04 Å². The molecule has 0 aliphatic rings. The summed E-state index contributed by atoms with van der Waals surface area (Å²) in [6, 6.07) is 4.60. The SMILES string of the molecule is CCNC(CCc1ccsc1)c1cc(C)c(F)cc1F. The second-order valence-corrected chi connectivity index (χ2v) is 5.68. The lowest BCUT2D eigenvalue weighted by molar-refractivity contribution is 0.479. The Bertz CT molecular complexity index is 552. The average molecular weight is 295 g/mol. The van der Waals surface area contributed by atoms with Crippen molar-refractivity contribution in [1.82, 2.24) is 5.32 Å². The summed E-state index contributed by atoms with van der Waals surface area (Å²) in [5.41, 5.74) is 2.30. The molecule has 20 heavy (non-hydrogen) atoms. The molecule has 108 valence electrons. The normalized spacial score (nSPS) is 12.6. The Morgan fingerprint density at radius 3 is 2.70 bits per heavy atom. The maximum Gasteiger partial charge on any atom is 0.130 e. The summed E-state index contributed by atoms with van der Waals surface area (Å²) in [6.45, 7) is 4.41. The number of hydrogen-bond donors (Lipinski definition) is 1. The van der Waals surface area contributed by atoms with E-state index in [0.29, 0.717) is 11.1 Å². The van der Waals surface area contributed by atoms with E-state index in [2.05, 4.69) is 16.8 Å². The van der Waals surface area contributed by atoms with Crippen LogP contribution in [0.2, 0.25) is 0 Å². The van der Waals surface area contributed by atoms with Crippen LogP contribution in [0.4, 0.5) is 8.78 Å². The highest BCUT2D eigenvalue weighted by Gasteiger charge is 2.17. The van der Waals surface area contributed by atoms with Crippen molar-refractivity contribution in [3.05, 3.63) is 57.3 Å². The minimum absolute atomic E-state index is 0.0841.